The smallest absolute Gasteiger partial charge is 0.339 e. The van der Waals surface area contributed by atoms with Crippen molar-refractivity contribution in [1.82, 2.24) is 5.32 Å². The van der Waals surface area contributed by atoms with Crippen LogP contribution in [-0.2, 0) is 27.2 Å². The van der Waals surface area contributed by atoms with Gasteiger partial charge in [-0.25, -0.2) is 4.79 Å². The maximum Gasteiger partial charge on any atom is 0.339 e. The number of aryl methyl sites for hydroxylation is 1. The van der Waals surface area contributed by atoms with E-state index in [1.54, 1.807) is 0 Å². The largest absolute Gasteiger partial charge is 0.464 e. The molecule has 4 rings (SSSR count). The first kappa shape index (κ1) is 26.1. The topological polar surface area (TPSA) is 47.6 Å². The van der Waals surface area contributed by atoms with Crippen LogP contribution >= 0.6 is 0 Å². The third-order valence-corrected chi connectivity index (χ3v) is 6.96. The lowest BCUT2D eigenvalue weighted by molar-refractivity contribution is -0.166. The van der Waals surface area contributed by atoms with Gasteiger partial charge in [-0.3, -0.25) is 0 Å². The lowest BCUT2D eigenvalue weighted by Gasteiger charge is -2.31. The highest BCUT2D eigenvalue weighted by atomic mass is 16.6. The minimum Gasteiger partial charge on any atom is -0.464 e. The first-order valence-corrected chi connectivity index (χ1v) is 12.9. The van der Waals surface area contributed by atoms with Crippen molar-refractivity contribution in [3.63, 3.8) is 0 Å². The molecule has 1 aliphatic rings. The Morgan fingerprint density at radius 2 is 1.67 bits per heavy atom. The zero-order chi connectivity index (χ0) is 26.0. The fourth-order valence-corrected chi connectivity index (χ4v) is 5.38. The predicted molar refractivity (Wildman–Crippen MR) is 146 cm³/mol. The summed E-state index contributed by atoms with van der Waals surface area (Å²) in [6.45, 7) is 15.3. The standard InChI is InChI=1S/C32H39NO3/c1-8-35-31(34)30(36-32(5,6)7)29-21(3)25-19-33-26(18-23-12-10-9-11-13-23)28(25)22(4)27(29)24-16-14-20(2)15-17-24/h9-17,26,30,33H,8,18-19H2,1-7H3. The first-order chi connectivity index (χ1) is 17.1. The quantitative estimate of drug-likeness (QED) is 0.363. The first-order valence-electron chi connectivity index (χ1n) is 12.9. The molecule has 1 N–H and O–H groups in total. The van der Waals surface area contributed by atoms with Crippen LogP contribution in [0.15, 0.2) is 54.6 Å². The van der Waals surface area contributed by atoms with E-state index in [-0.39, 0.29) is 12.0 Å². The third-order valence-electron chi connectivity index (χ3n) is 6.96. The van der Waals surface area contributed by atoms with Gasteiger partial charge in [0.05, 0.1) is 12.2 Å². The predicted octanol–water partition coefficient (Wildman–Crippen LogP) is 7.09. The molecule has 0 saturated heterocycles. The van der Waals surface area contributed by atoms with Crippen molar-refractivity contribution >= 4 is 5.97 Å². The number of rotatable bonds is 7. The van der Waals surface area contributed by atoms with E-state index in [1.165, 1.54) is 27.8 Å². The SMILES string of the molecule is CCOC(=O)C(OC(C)(C)C)c1c(C)c2c(c(C)c1-c1ccc(C)cc1)C(Cc1ccccc1)NC2. The van der Waals surface area contributed by atoms with Gasteiger partial charge in [0, 0.05) is 18.2 Å². The summed E-state index contributed by atoms with van der Waals surface area (Å²) in [6.07, 6.45) is 0.110. The number of carbonyl (C=O) groups excluding carboxylic acids is 1. The molecular weight excluding hydrogens is 446 g/mol. The summed E-state index contributed by atoms with van der Waals surface area (Å²) in [7, 11) is 0. The van der Waals surface area contributed by atoms with Gasteiger partial charge < -0.3 is 14.8 Å². The van der Waals surface area contributed by atoms with Crippen molar-refractivity contribution in [2.45, 2.75) is 79.2 Å². The normalized spacial score (nSPS) is 16.0. The number of benzene rings is 3. The molecule has 2 unspecified atom stereocenters. The molecule has 0 radical (unpaired) electrons. The summed E-state index contributed by atoms with van der Waals surface area (Å²) in [5.41, 5.74) is 10.0. The second-order valence-corrected chi connectivity index (χ2v) is 10.8. The molecular formula is C32H39NO3. The van der Waals surface area contributed by atoms with Crippen LogP contribution in [0.4, 0.5) is 0 Å². The Morgan fingerprint density at radius 3 is 2.28 bits per heavy atom. The molecule has 4 heteroatoms. The van der Waals surface area contributed by atoms with Crippen LogP contribution in [0.3, 0.4) is 0 Å². The van der Waals surface area contributed by atoms with E-state index in [0.717, 1.165) is 35.2 Å². The molecule has 36 heavy (non-hydrogen) atoms. The van der Waals surface area contributed by atoms with Gasteiger partial charge in [-0.15, -0.1) is 0 Å². The third kappa shape index (κ3) is 5.40. The van der Waals surface area contributed by atoms with Crippen LogP contribution < -0.4 is 5.32 Å². The van der Waals surface area contributed by atoms with E-state index < -0.39 is 11.7 Å². The molecule has 3 aromatic rings. The zero-order valence-corrected chi connectivity index (χ0v) is 22.7. The van der Waals surface area contributed by atoms with Crippen molar-refractivity contribution in [2.75, 3.05) is 6.61 Å². The van der Waals surface area contributed by atoms with Gasteiger partial charge in [-0.1, -0.05) is 60.2 Å². The lowest BCUT2D eigenvalue weighted by Crippen LogP contribution is -2.30. The average molecular weight is 486 g/mol. The lowest BCUT2D eigenvalue weighted by atomic mass is 9.81. The number of esters is 1. The number of ether oxygens (including phenoxy) is 2. The summed E-state index contributed by atoms with van der Waals surface area (Å²) in [5.74, 6) is -0.338. The van der Waals surface area contributed by atoms with Gasteiger partial charge in [0.1, 0.15) is 0 Å². The molecule has 1 aliphatic heterocycles. The van der Waals surface area contributed by atoms with Crippen LogP contribution in [0, 0.1) is 20.8 Å². The van der Waals surface area contributed by atoms with E-state index in [4.69, 9.17) is 9.47 Å². The Labute approximate surface area is 216 Å². The molecule has 0 aromatic heterocycles. The Kier molecular flexibility index (Phi) is 7.67. The molecule has 190 valence electrons. The van der Waals surface area contributed by atoms with E-state index >= 15 is 0 Å². The highest BCUT2D eigenvalue weighted by Gasteiger charge is 2.37. The van der Waals surface area contributed by atoms with Crippen molar-refractivity contribution in [2.24, 2.45) is 0 Å². The number of hydrogen-bond acceptors (Lipinski definition) is 4. The summed E-state index contributed by atoms with van der Waals surface area (Å²) >= 11 is 0. The summed E-state index contributed by atoms with van der Waals surface area (Å²) in [6, 6.07) is 19.4. The highest BCUT2D eigenvalue weighted by molar-refractivity contribution is 5.85. The van der Waals surface area contributed by atoms with Gasteiger partial charge >= 0.3 is 5.97 Å². The highest BCUT2D eigenvalue weighted by Crippen LogP contribution is 2.45. The van der Waals surface area contributed by atoms with Crippen LogP contribution in [0.1, 0.15) is 78.8 Å². The molecule has 0 saturated carbocycles. The number of hydrogen-bond donors (Lipinski definition) is 1. The van der Waals surface area contributed by atoms with Crippen molar-refractivity contribution in [3.8, 4) is 11.1 Å². The zero-order valence-electron chi connectivity index (χ0n) is 22.7. The van der Waals surface area contributed by atoms with Crippen LogP contribution in [0.2, 0.25) is 0 Å². The van der Waals surface area contributed by atoms with E-state index in [2.05, 4.69) is 80.7 Å². The molecule has 0 aliphatic carbocycles. The van der Waals surface area contributed by atoms with E-state index in [9.17, 15) is 4.79 Å². The molecule has 2 atom stereocenters. The van der Waals surface area contributed by atoms with Crippen LogP contribution in [0.25, 0.3) is 11.1 Å². The maximum atomic E-state index is 13.4. The Morgan fingerprint density at radius 1 is 1.00 bits per heavy atom. The van der Waals surface area contributed by atoms with Crippen LogP contribution in [-0.4, -0.2) is 18.2 Å². The second kappa shape index (κ2) is 10.6. The molecule has 0 bridgehead atoms. The van der Waals surface area contributed by atoms with Crippen molar-refractivity contribution in [1.29, 1.82) is 0 Å². The van der Waals surface area contributed by atoms with E-state index in [1.807, 2.05) is 27.7 Å². The molecule has 1 heterocycles. The molecule has 4 nitrogen and oxygen atoms in total. The molecule has 3 aromatic carbocycles. The summed E-state index contributed by atoms with van der Waals surface area (Å²) in [5, 5.41) is 3.75. The molecule has 0 fully saturated rings. The van der Waals surface area contributed by atoms with Gasteiger partial charge in [0.15, 0.2) is 6.10 Å². The van der Waals surface area contributed by atoms with Gasteiger partial charge in [0.25, 0.3) is 0 Å². The molecule has 0 amide bonds. The average Bonchev–Trinajstić information content (AvgIpc) is 3.25. The second-order valence-electron chi connectivity index (χ2n) is 10.8. The summed E-state index contributed by atoms with van der Waals surface area (Å²) < 4.78 is 12.0. The van der Waals surface area contributed by atoms with Gasteiger partial charge in [0.2, 0.25) is 0 Å². The Hall–Kier alpha value is -2.95. The minimum atomic E-state index is -0.807. The Balaban J connectivity index is 1.95. The fourth-order valence-electron chi connectivity index (χ4n) is 5.38. The van der Waals surface area contributed by atoms with Gasteiger partial charge in [-0.2, -0.15) is 0 Å². The van der Waals surface area contributed by atoms with Crippen molar-refractivity contribution in [3.05, 3.63) is 93.5 Å². The van der Waals surface area contributed by atoms with E-state index in [0.29, 0.717) is 6.61 Å². The number of carbonyl (C=O) groups is 1. The maximum absolute atomic E-state index is 13.4. The van der Waals surface area contributed by atoms with Crippen LogP contribution in [0.5, 0.6) is 0 Å². The van der Waals surface area contributed by atoms with Crippen molar-refractivity contribution < 1.29 is 14.3 Å². The minimum absolute atomic E-state index is 0.212. The fraction of sp³-hybridized carbons (Fsp3) is 0.406. The summed E-state index contributed by atoms with van der Waals surface area (Å²) in [4.78, 5) is 13.4. The van der Waals surface area contributed by atoms with Gasteiger partial charge in [-0.05, 0) is 93.8 Å². The Bertz CT molecular complexity index is 1220. The molecule has 0 spiro atoms. The monoisotopic (exact) mass is 485 g/mol. The number of fused-ring (bicyclic) bond motifs is 1. The number of nitrogens with one attached hydrogen (secondary N) is 1.